The lowest BCUT2D eigenvalue weighted by atomic mass is 10.2. The summed E-state index contributed by atoms with van der Waals surface area (Å²) in [4.78, 5) is 14.3. The molecule has 1 aromatic rings. The van der Waals surface area contributed by atoms with Gasteiger partial charge in [-0.3, -0.25) is 4.79 Å². The van der Waals surface area contributed by atoms with Gasteiger partial charge < -0.3 is 4.90 Å². The molecule has 0 radical (unpaired) electrons. The highest BCUT2D eigenvalue weighted by Gasteiger charge is 2.33. The van der Waals surface area contributed by atoms with Crippen LogP contribution in [0, 0.1) is 0 Å². The smallest absolute Gasteiger partial charge is 0.261 e. The van der Waals surface area contributed by atoms with E-state index in [1.54, 1.807) is 4.90 Å². The number of carbonyl (C=O) groups excluding carboxylic acids is 1. The average molecular weight is 350 g/mol. The maximum absolute atomic E-state index is 12.6. The highest BCUT2D eigenvalue weighted by Crippen LogP contribution is 2.30. The van der Waals surface area contributed by atoms with Crippen molar-refractivity contribution in [3.8, 4) is 0 Å². The molecule has 116 valence electrons. The predicted octanol–water partition coefficient (Wildman–Crippen LogP) is 3.67. The predicted molar refractivity (Wildman–Crippen MR) is 83.5 cm³/mol. The Kier molecular flexibility index (Phi) is 5.17. The summed E-state index contributed by atoms with van der Waals surface area (Å²) < 4.78 is 22.9. The first kappa shape index (κ1) is 16.6. The molecule has 0 aliphatic heterocycles. The molecule has 4 nitrogen and oxygen atoms in total. The van der Waals surface area contributed by atoms with Gasteiger partial charge in [0, 0.05) is 33.9 Å². The first-order valence-electron chi connectivity index (χ1n) is 6.89. The van der Waals surface area contributed by atoms with Crippen LogP contribution >= 0.6 is 22.3 Å². The zero-order chi connectivity index (χ0) is 15.6. The molecule has 1 aliphatic rings. The van der Waals surface area contributed by atoms with Crippen LogP contribution in [0.15, 0.2) is 23.1 Å². The maximum Gasteiger partial charge on any atom is 0.261 e. The van der Waals surface area contributed by atoms with E-state index in [4.69, 9.17) is 22.3 Å². The average Bonchev–Trinajstić information content (AvgIpc) is 3.22. The molecule has 0 aromatic heterocycles. The minimum absolute atomic E-state index is 0.147. The third-order valence-electron chi connectivity index (χ3n) is 3.40. The number of rotatable bonds is 6. The molecule has 0 atom stereocenters. The van der Waals surface area contributed by atoms with E-state index >= 15 is 0 Å². The van der Waals surface area contributed by atoms with E-state index in [1.807, 2.05) is 0 Å². The summed E-state index contributed by atoms with van der Waals surface area (Å²) in [6.07, 6.45) is 3.91. The van der Waals surface area contributed by atoms with Crippen LogP contribution in [-0.2, 0) is 9.05 Å². The molecular formula is C14H17Cl2NO3S. The summed E-state index contributed by atoms with van der Waals surface area (Å²) in [5.74, 6) is -0.185. The Morgan fingerprint density at radius 3 is 2.52 bits per heavy atom. The van der Waals surface area contributed by atoms with E-state index in [0.29, 0.717) is 6.54 Å². The molecule has 1 aliphatic carbocycles. The minimum Gasteiger partial charge on any atom is -0.336 e. The molecule has 0 N–H and O–H groups in total. The summed E-state index contributed by atoms with van der Waals surface area (Å²) in [5.41, 5.74) is 0.268. The van der Waals surface area contributed by atoms with Crippen molar-refractivity contribution < 1.29 is 13.2 Å². The summed E-state index contributed by atoms with van der Waals surface area (Å²) in [7, 11) is 1.42. The summed E-state index contributed by atoms with van der Waals surface area (Å²) >= 11 is 5.91. The minimum atomic E-state index is -3.91. The van der Waals surface area contributed by atoms with Crippen molar-refractivity contribution in [2.45, 2.75) is 43.5 Å². The second kappa shape index (κ2) is 6.55. The van der Waals surface area contributed by atoms with Crippen molar-refractivity contribution in [3.05, 3.63) is 28.8 Å². The molecule has 0 saturated heterocycles. The molecule has 7 heteroatoms. The molecule has 2 rings (SSSR count). The van der Waals surface area contributed by atoms with Crippen molar-refractivity contribution in [2.75, 3.05) is 6.54 Å². The molecule has 0 heterocycles. The first-order valence-corrected chi connectivity index (χ1v) is 9.58. The Bertz CT molecular complexity index is 642. The first-order chi connectivity index (χ1) is 9.82. The monoisotopic (exact) mass is 349 g/mol. The molecular weight excluding hydrogens is 333 g/mol. The van der Waals surface area contributed by atoms with Gasteiger partial charge in [0.2, 0.25) is 0 Å². The fourth-order valence-corrected chi connectivity index (χ4v) is 3.26. The van der Waals surface area contributed by atoms with Gasteiger partial charge in [-0.05, 0) is 37.5 Å². The van der Waals surface area contributed by atoms with Crippen molar-refractivity contribution >= 4 is 37.2 Å². The van der Waals surface area contributed by atoms with Gasteiger partial charge in [-0.15, -0.1) is 0 Å². The van der Waals surface area contributed by atoms with E-state index in [9.17, 15) is 13.2 Å². The summed E-state index contributed by atoms with van der Waals surface area (Å²) in [5, 5.41) is 0.186. The Balaban J connectivity index is 2.31. The van der Waals surface area contributed by atoms with Gasteiger partial charge in [0.1, 0.15) is 0 Å². The SMILES string of the molecule is CCCCN(C(=O)c1cc(Cl)cc(S(=O)(=O)Cl)c1)C1CC1. The molecule has 1 fully saturated rings. The van der Waals surface area contributed by atoms with E-state index < -0.39 is 9.05 Å². The van der Waals surface area contributed by atoms with E-state index in [0.717, 1.165) is 25.7 Å². The quantitative estimate of drug-likeness (QED) is 0.736. The Morgan fingerprint density at radius 2 is 2.00 bits per heavy atom. The van der Waals surface area contributed by atoms with Crippen molar-refractivity contribution in [2.24, 2.45) is 0 Å². The summed E-state index contributed by atoms with van der Waals surface area (Å²) in [6, 6.07) is 4.28. The largest absolute Gasteiger partial charge is 0.336 e. The van der Waals surface area contributed by atoms with Crippen LogP contribution in [0.2, 0.25) is 5.02 Å². The maximum atomic E-state index is 12.6. The third-order valence-corrected chi connectivity index (χ3v) is 4.95. The number of carbonyl (C=O) groups is 1. The van der Waals surface area contributed by atoms with Gasteiger partial charge in [0.15, 0.2) is 0 Å². The molecule has 0 spiro atoms. The Labute approximate surface area is 134 Å². The molecule has 1 amide bonds. The van der Waals surface area contributed by atoms with E-state index in [2.05, 4.69) is 6.92 Å². The molecule has 1 aromatic carbocycles. The second-order valence-corrected chi connectivity index (χ2v) is 8.20. The zero-order valence-corrected chi connectivity index (χ0v) is 14.0. The van der Waals surface area contributed by atoms with Crippen molar-refractivity contribution in [1.29, 1.82) is 0 Å². The number of halogens is 2. The van der Waals surface area contributed by atoms with E-state index in [1.165, 1.54) is 18.2 Å². The molecule has 0 bridgehead atoms. The van der Waals surface area contributed by atoms with E-state index in [-0.39, 0.29) is 27.4 Å². The lowest BCUT2D eigenvalue weighted by Crippen LogP contribution is -2.34. The van der Waals surface area contributed by atoms with Crippen molar-refractivity contribution in [1.82, 2.24) is 4.90 Å². The van der Waals surface area contributed by atoms with Crippen LogP contribution in [0.5, 0.6) is 0 Å². The number of benzene rings is 1. The highest BCUT2D eigenvalue weighted by molar-refractivity contribution is 8.13. The van der Waals surface area contributed by atoms with Crippen LogP contribution in [0.4, 0.5) is 0 Å². The zero-order valence-electron chi connectivity index (χ0n) is 11.7. The van der Waals surface area contributed by atoms with Crippen LogP contribution in [0.25, 0.3) is 0 Å². The van der Waals surface area contributed by atoms with Crippen molar-refractivity contribution in [3.63, 3.8) is 0 Å². The lowest BCUT2D eigenvalue weighted by molar-refractivity contribution is 0.0740. The Morgan fingerprint density at radius 1 is 1.33 bits per heavy atom. The van der Waals surface area contributed by atoms with Crippen LogP contribution in [-0.4, -0.2) is 31.8 Å². The van der Waals surface area contributed by atoms with Gasteiger partial charge in [-0.1, -0.05) is 24.9 Å². The van der Waals surface area contributed by atoms with Gasteiger partial charge >= 0.3 is 0 Å². The van der Waals surface area contributed by atoms with Crippen LogP contribution < -0.4 is 0 Å². The van der Waals surface area contributed by atoms with Gasteiger partial charge in [0.25, 0.3) is 15.0 Å². The van der Waals surface area contributed by atoms with Gasteiger partial charge in [-0.25, -0.2) is 8.42 Å². The standard InChI is InChI=1S/C14H17Cl2NO3S/c1-2-3-6-17(12-4-5-12)14(18)10-7-11(15)9-13(8-10)21(16,19)20/h7-9,12H,2-6H2,1H3. The van der Waals surface area contributed by atoms with Crippen LogP contribution in [0.3, 0.4) is 0 Å². The molecule has 0 unspecified atom stereocenters. The topological polar surface area (TPSA) is 54.5 Å². The normalized spacial score (nSPS) is 15.0. The molecule has 21 heavy (non-hydrogen) atoms. The fraction of sp³-hybridized carbons (Fsp3) is 0.500. The number of hydrogen-bond acceptors (Lipinski definition) is 3. The fourth-order valence-electron chi connectivity index (χ4n) is 2.16. The highest BCUT2D eigenvalue weighted by atomic mass is 35.7. The Hall–Kier alpha value is -0.780. The van der Waals surface area contributed by atoms with Gasteiger partial charge in [-0.2, -0.15) is 0 Å². The number of hydrogen-bond donors (Lipinski definition) is 0. The summed E-state index contributed by atoms with van der Waals surface area (Å²) in [6.45, 7) is 2.74. The lowest BCUT2D eigenvalue weighted by Gasteiger charge is -2.22. The van der Waals surface area contributed by atoms with Gasteiger partial charge in [0.05, 0.1) is 4.90 Å². The third kappa shape index (κ3) is 4.34. The van der Waals surface area contributed by atoms with Crippen LogP contribution in [0.1, 0.15) is 43.0 Å². The number of amides is 1. The molecule has 1 saturated carbocycles. The number of unbranched alkanes of at least 4 members (excludes halogenated alkanes) is 1. The second-order valence-electron chi connectivity index (χ2n) is 5.20. The number of nitrogens with zero attached hydrogens (tertiary/aromatic N) is 1.